The van der Waals surface area contributed by atoms with Crippen LogP contribution in [0.25, 0.3) is 0 Å². The molecule has 0 aliphatic rings. The van der Waals surface area contributed by atoms with Gasteiger partial charge in [-0.2, -0.15) is 0 Å². The highest BCUT2D eigenvalue weighted by Crippen LogP contribution is 2.33. The molecule has 2 aromatic rings. The van der Waals surface area contributed by atoms with Gasteiger partial charge in [-0.15, -0.1) is 0 Å². The Labute approximate surface area is 146 Å². The van der Waals surface area contributed by atoms with E-state index in [4.69, 9.17) is 25.8 Å². The highest BCUT2D eigenvalue weighted by molar-refractivity contribution is 6.30. The van der Waals surface area contributed by atoms with Crippen LogP contribution in [-0.2, 0) is 21.6 Å². The summed E-state index contributed by atoms with van der Waals surface area (Å²) in [5.74, 6) is 0.583. The molecule has 1 unspecified atom stereocenters. The molecule has 0 amide bonds. The van der Waals surface area contributed by atoms with Gasteiger partial charge in [-0.05, 0) is 25.1 Å². The third kappa shape index (κ3) is 5.49. The van der Waals surface area contributed by atoms with Gasteiger partial charge in [0.05, 0.1) is 32.7 Å². The van der Waals surface area contributed by atoms with E-state index in [0.29, 0.717) is 49.3 Å². The molecule has 1 atom stereocenters. The Kier molecular flexibility index (Phi) is 7.05. The number of hydrogen-bond acceptors (Lipinski definition) is 5. The van der Waals surface area contributed by atoms with E-state index in [0.717, 1.165) is 0 Å². The fourth-order valence-electron chi connectivity index (χ4n) is 2.32. The average molecular weight is 355 g/mol. The minimum absolute atomic E-state index is 0.341. The molecule has 1 aromatic carbocycles. The van der Waals surface area contributed by atoms with Gasteiger partial charge in [-0.1, -0.05) is 11.6 Å². The summed E-state index contributed by atoms with van der Waals surface area (Å²) in [5, 5.41) is 11.4. The summed E-state index contributed by atoms with van der Waals surface area (Å²) in [7, 11) is 1.63. The molecular weight excluding hydrogens is 332 g/mol. The van der Waals surface area contributed by atoms with Crippen LogP contribution in [0.1, 0.15) is 12.5 Å². The van der Waals surface area contributed by atoms with Crippen LogP contribution in [0, 0.1) is 0 Å². The summed E-state index contributed by atoms with van der Waals surface area (Å²) >= 11 is 6.10. The summed E-state index contributed by atoms with van der Waals surface area (Å²) in [5.41, 5.74) is -0.529. The van der Waals surface area contributed by atoms with Crippen molar-refractivity contribution in [1.82, 2.24) is 9.55 Å². The molecule has 0 spiro atoms. The second-order valence-electron chi connectivity index (χ2n) is 5.60. The smallest absolute Gasteiger partial charge is 0.125 e. The van der Waals surface area contributed by atoms with Gasteiger partial charge in [0.15, 0.2) is 0 Å². The molecule has 0 radical (unpaired) electrons. The van der Waals surface area contributed by atoms with E-state index in [2.05, 4.69) is 4.98 Å². The number of aromatic nitrogens is 2. The minimum Gasteiger partial charge on any atom is -0.491 e. The molecule has 0 saturated heterocycles. The molecular formula is C17H23ClN2O4. The largest absolute Gasteiger partial charge is 0.491 e. The van der Waals surface area contributed by atoms with E-state index in [1.54, 1.807) is 55.5 Å². The number of rotatable bonds is 10. The molecule has 2 rings (SSSR count). The maximum atomic E-state index is 10.9. The summed E-state index contributed by atoms with van der Waals surface area (Å²) in [6.45, 7) is 3.95. The van der Waals surface area contributed by atoms with E-state index in [1.165, 1.54) is 0 Å². The van der Waals surface area contributed by atoms with E-state index in [9.17, 15) is 5.11 Å². The van der Waals surface area contributed by atoms with Crippen LogP contribution in [0.4, 0.5) is 0 Å². The monoisotopic (exact) mass is 354 g/mol. The SMILES string of the molecule is COCCOCCOc1ccc(Cl)cc1C(C)(O)Cn1ccnc1. The predicted octanol–water partition coefficient (Wildman–Crippen LogP) is 2.49. The Balaban J connectivity index is 2.03. The van der Waals surface area contributed by atoms with E-state index < -0.39 is 5.60 Å². The molecule has 132 valence electrons. The van der Waals surface area contributed by atoms with Gasteiger partial charge < -0.3 is 23.9 Å². The number of nitrogens with zero attached hydrogens (tertiary/aromatic N) is 2. The van der Waals surface area contributed by atoms with Gasteiger partial charge in [0.25, 0.3) is 0 Å². The van der Waals surface area contributed by atoms with Crippen LogP contribution in [0.15, 0.2) is 36.9 Å². The number of benzene rings is 1. The van der Waals surface area contributed by atoms with Crippen molar-refractivity contribution < 1.29 is 19.3 Å². The van der Waals surface area contributed by atoms with Gasteiger partial charge in [0.1, 0.15) is 18.0 Å². The predicted molar refractivity (Wildman–Crippen MR) is 91.4 cm³/mol. The van der Waals surface area contributed by atoms with Crippen molar-refractivity contribution in [2.75, 3.05) is 33.5 Å². The zero-order chi connectivity index (χ0) is 17.4. The first kappa shape index (κ1) is 18.7. The normalized spacial score (nSPS) is 13.7. The third-order valence-electron chi connectivity index (χ3n) is 3.49. The molecule has 0 fully saturated rings. The van der Waals surface area contributed by atoms with Gasteiger partial charge >= 0.3 is 0 Å². The lowest BCUT2D eigenvalue weighted by atomic mass is 9.95. The first-order valence-electron chi connectivity index (χ1n) is 7.70. The van der Waals surface area contributed by atoms with Gasteiger partial charge in [-0.3, -0.25) is 0 Å². The Morgan fingerprint density at radius 3 is 2.75 bits per heavy atom. The summed E-state index contributed by atoms with van der Waals surface area (Å²) in [6.07, 6.45) is 5.12. The van der Waals surface area contributed by atoms with E-state index in [-0.39, 0.29) is 0 Å². The Bertz CT molecular complexity index is 617. The summed E-state index contributed by atoms with van der Waals surface area (Å²) in [6, 6.07) is 5.22. The van der Waals surface area contributed by atoms with Crippen LogP contribution in [0.2, 0.25) is 5.02 Å². The number of aliphatic hydroxyl groups is 1. The van der Waals surface area contributed by atoms with Crippen molar-refractivity contribution in [3.63, 3.8) is 0 Å². The fraction of sp³-hybridized carbons (Fsp3) is 0.471. The summed E-state index contributed by atoms with van der Waals surface area (Å²) in [4.78, 5) is 3.99. The molecule has 24 heavy (non-hydrogen) atoms. The second kappa shape index (κ2) is 9.03. The molecule has 0 aliphatic heterocycles. The zero-order valence-corrected chi connectivity index (χ0v) is 14.7. The Morgan fingerprint density at radius 2 is 2.04 bits per heavy atom. The highest BCUT2D eigenvalue weighted by atomic mass is 35.5. The number of methoxy groups -OCH3 is 1. The number of halogens is 1. The molecule has 1 aromatic heterocycles. The van der Waals surface area contributed by atoms with Gasteiger partial charge in [-0.25, -0.2) is 4.98 Å². The van der Waals surface area contributed by atoms with E-state index in [1.807, 2.05) is 0 Å². The van der Waals surface area contributed by atoms with Crippen molar-refractivity contribution in [2.45, 2.75) is 19.1 Å². The standard InChI is InChI=1S/C17H23ClN2O4/c1-17(21,12-20-6-5-19-13-20)15-11-14(18)3-4-16(15)24-10-9-23-8-7-22-2/h3-6,11,13,21H,7-10,12H2,1-2H3. The number of imidazole rings is 1. The van der Waals surface area contributed by atoms with Crippen LogP contribution < -0.4 is 4.74 Å². The maximum absolute atomic E-state index is 10.9. The molecule has 0 bridgehead atoms. The lowest BCUT2D eigenvalue weighted by Gasteiger charge is -2.27. The van der Waals surface area contributed by atoms with Crippen molar-refractivity contribution in [3.05, 3.63) is 47.5 Å². The van der Waals surface area contributed by atoms with Crippen molar-refractivity contribution in [3.8, 4) is 5.75 Å². The van der Waals surface area contributed by atoms with Crippen molar-refractivity contribution in [2.24, 2.45) is 0 Å². The van der Waals surface area contributed by atoms with Crippen molar-refractivity contribution in [1.29, 1.82) is 0 Å². The van der Waals surface area contributed by atoms with E-state index >= 15 is 0 Å². The average Bonchev–Trinajstić information content (AvgIpc) is 3.04. The highest BCUT2D eigenvalue weighted by Gasteiger charge is 2.28. The quantitative estimate of drug-likeness (QED) is 0.664. The Hall–Kier alpha value is -1.60. The van der Waals surface area contributed by atoms with Gasteiger partial charge in [0, 0.05) is 30.1 Å². The lowest BCUT2D eigenvalue weighted by Crippen LogP contribution is -2.28. The lowest BCUT2D eigenvalue weighted by molar-refractivity contribution is 0.0316. The maximum Gasteiger partial charge on any atom is 0.125 e. The van der Waals surface area contributed by atoms with Crippen LogP contribution in [0.5, 0.6) is 5.75 Å². The molecule has 0 saturated carbocycles. The van der Waals surface area contributed by atoms with Crippen molar-refractivity contribution >= 4 is 11.6 Å². The minimum atomic E-state index is -1.15. The molecule has 7 heteroatoms. The fourth-order valence-corrected chi connectivity index (χ4v) is 2.50. The second-order valence-corrected chi connectivity index (χ2v) is 6.04. The summed E-state index contributed by atoms with van der Waals surface area (Å²) < 4.78 is 17.9. The molecule has 0 aliphatic carbocycles. The first-order chi connectivity index (χ1) is 11.5. The van der Waals surface area contributed by atoms with Crippen LogP contribution >= 0.6 is 11.6 Å². The third-order valence-corrected chi connectivity index (χ3v) is 3.72. The zero-order valence-electron chi connectivity index (χ0n) is 13.9. The number of ether oxygens (including phenoxy) is 3. The first-order valence-corrected chi connectivity index (χ1v) is 8.08. The van der Waals surface area contributed by atoms with Crippen LogP contribution in [-0.4, -0.2) is 48.2 Å². The topological polar surface area (TPSA) is 65.7 Å². The van der Waals surface area contributed by atoms with Crippen LogP contribution in [0.3, 0.4) is 0 Å². The Morgan fingerprint density at radius 1 is 1.25 bits per heavy atom. The van der Waals surface area contributed by atoms with Gasteiger partial charge in [0.2, 0.25) is 0 Å². The molecule has 1 heterocycles. The number of hydrogen-bond donors (Lipinski definition) is 1. The molecule has 6 nitrogen and oxygen atoms in total. The molecule has 1 N–H and O–H groups in total.